The predicted octanol–water partition coefficient (Wildman–Crippen LogP) is 2.12. The third-order valence-corrected chi connectivity index (χ3v) is 3.45. The van der Waals surface area contributed by atoms with Crippen molar-refractivity contribution in [3.63, 3.8) is 0 Å². The molecule has 1 atom stereocenters. The van der Waals surface area contributed by atoms with Crippen LogP contribution in [0.4, 0.5) is 5.82 Å². The minimum Gasteiger partial charge on any atom is -0.357 e. The van der Waals surface area contributed by atoms with Crippen LogP contribution >= 0.6 is 11.8 Å². The van der Waals surface area contributed by atoms with E-state index in [1.165, 1.54) is 12.2 Å². The Hall–Kier alpha value is -0.740. The van der Waals surface area contributed by atoms with Crippen LogP contribution in [-0.2, 0) is 6.54 Å². The van der Waals surface area contributed by atoms with Crippen molar-refractivity contribution in [3.05, 3.63) is 23.9 Å². The molecule has 0 radical (unpaired) electrons. The Morgan fingerprint density at radius 2 is 2.31 bits per heavy atom. The molecule has 0 fully saturated rings. The van der Waals surface area contributed by atoms with Gasteiger partial charge in [0.1, 0.15) is 5.82 Å². The first-order chi connectivity index (χ1) is 7.69. The van der Waals surface area contributed by atoms with E-state index in [0.29, 0.717) is 12.6 Å². The van der Waals surface area contributed by atoms with Gasteiger partial charge >= 0.3 is 0 Å². The van der Waals surface area contributed by atoms with Crippen LogP contribution in [0.5, 0.6) is 0 Å². The highest BCUT2D eigenvalue weighted by atomic mass is 32.2. The molecule has 2 N–H and O–H groups in total. The van der Waals surface area contributed by atoms with Gasteiger partial charge in [-0.25, -0.2) is 4.98 Å². The third kappa shape index (κ3) is 3.68. The van der Waals surface area contributed by atoms with E-state index in [2.05, 4.69) is 36.2 Å². The van der Waals surface area contributed by atoms with Gasteiger partial charge in [-0.3, -0.25) is 0 Å². The molecule has 1 rings (SSSR count). The van der Waals surface area contributed by atoms with E-state index in [1.807, 2.05) is 24.0 Å². The van der Waals surface area contributed by atoms with Gasteiger partial charge in [-0.2, -0.15) is 11.8 Å². The zero-order valence-corrected chi connectivity index (χ0v) is 11.1. The molecule has 0 saturated carbocycles. The Balaban J connectivity index is 2.67. The fourth-order valence-corrected chi connectivity index (χ4v) is 2.07. The SMILES string of the molecule is CSCCC(C)N(C)c1cc(CN)ccn1. The molecule has 16 heavy (non-hydrogen) atoms. The Morgan fingerprint density at radius 3 is 2.94 bits per heavy atom. The number of nitrogens with zero attached hydrogens (tertiary/aromatic N) is 2. The third-order valence-electron chi connectivity index (χ3n) is 2.81. The Kier molecular flexibility index (Phi) is 5.63. The zero-order chi connectivity index (χ0) is 12.0. The summed E-state index contributed by atoms with van der Waals surface area (Å²) in [6.45, 7) is 2.80. The van der Waals surface area contributed by atoms with Gasteiger partial charge in [0.15, 0.2) is 0 Å². The van der Waals surface area contributed by atoms with Gasteiger partial charge < -0.3 is 10.6 Å². The number of anilines is 1. The van der Waals surface area contributed by atoms with Gasteiger partial charge in [0.25, 0.3) is 0 Å². The van der Waals surface area contributed by atoms with Crippen molar-refractivity contribution in [1.29, 1.82) is 0 Å². The molecule has 0 aliphatic carbocycles. The van der Waals surface area contributed by atoms with E-state index < -0.39 is 0 Å². The first-order valence-corrected chi connectivity index (χ1v) is 6.95. The second-order valence-corrected chi connectivity index (χ2v) is 4.95. The highest BCUT2D eigenvalue weighted by Gasteiger charge is 2.10. The average molecular weight is 239 g/mol. The van der Waals surface area contributed by atoms with Crippen molar-refractivity contribution in [2.75, 3.05) is 24.0 Å². The van der Waals surface area contributed by atoms with Crippen LogP contribution in [0.3, 0.4) is 0 Å². The summed E-state index contributed by atoms with van der Waals surface area (Å²) >= 11 is 1.88. The maximum absolute atomic E-state index is 5.63. The van der Waals surface area contributed by atoms with Crippen LogP contribution < -0.4 is 10.6 Å². The van der Waals surface area contributed by atoms with Crippen molar-refractivity contribution < 1.29 is 0 Å². The van der Waals surface area contributed by atoms with E-state index in [9.17, 15) is 0 Å². The topological polar surface area (TPSA) is 42.1 Å². The molecule has 0 aliphatic heterocycles. The summed E-state index contributed by atoms with van der Waals surface area (Å²) < 4.78 is 0. The van der Waals surface area contributed by atoms with Crippen LogP contribution in [0.25, 0.3) is 0 Å². The normalized spacial score (nSPS) is 12.5. The fraction of sp³-hybridized carbons (Fsp3) is 0.583. The summed E-state index contributed by atoms with van der Waals surface area (Å²) in [5, 5.41) is 0. The van der Waals surface area contributed by atoms with Crippen molar-refractivity contribution in [1.82, 2.24) is 4.98 Å². The number of pyridine rings is 1. The minimum atomic E-state index is 0.507. The van der Waals surface area contributed by atoms with Crippen LogP contribution in [0.15, 0.2) is 18.3 Å². The van der Waals surface area contributed by atoms with Gasteiger partial charge in [0.2, 0.25) is 0 Å². The van der Waals surface area contributed by atoms with E-state index >= 15 is 0 Å². The molecule has 0 bridgehead atoms. The molecule has 1 aromatic rings. The summed E-state index contributed by atoms with van der Waals surface area (Å²) in [7, 11) is 2.09. The Bertz CT molecular complexity index is 317. The lowest BCUT2D eigenvalue weighted by Gasteiger charge is -2.26. The van der Waals surface area contributed by atoms with Crippen molar-refractivity contribution in [2.24, 2.45) is 5.73 Å². The van der Waals surface area contributed by atoms with E-state index in [1.54, 1.807) is 0 Å². The van der Waals surface area contributed by atoms with Crippen molar-refractivity contribution in [2.45, 2.75) is 25.9 Å². The predicted molar refractivity (Wildman–Crippen MR) is 73.0 cm³/mol. The summed E-state index contributed by atoms with van der Waals surface area (Å²) in [5.41, 5.74) is 6.76. The highest BCUT2D eigenvalue weighted by Crippen LogP contribution is 2.16. The number of aromatic nitrogens is 1. The molecule has 4 heteroatoms. The number of hydrogen-bond donors (Lipinski definition) is 1. The Morgan fingerprint density at radius 1 is 1.56 bits per heavy atom. The number of hydrogen-bond acceptors (Lipinski definition) is 4. The zero-order valence-electron chi connectivity index (χ0n) is 10.3. The number of thioether (sulfide) groups is 1. The Labute approximate surface area is 102 Å². The van der Waals surface area contributed by atoms with Crippen molar-refractivity contribution in [3.8, 4) is 0 Å². The molecular formula is C12H21N3S. The first-order valence-electron chi connectivity index (χ1n) is 5.55. The van der Waals surface area contributed by atoms with Gasteiger partial charge in [-0.05, 0) is 43.0 Å². The smallest absolute Gasteiger partial charge is 0.128 e. The molecule has 0 saturated heterocycles. The van der Waals surface area contributed by atoms with Crippen LogP contribution in [0.2, 0.25) is 0 Å². The van der Waals surface area contributed by atoms with Gasteiger partial charge in [0.05, 0.1) is 0 Å². The fourth-order valence-electron chi connectivity index (χ4n) is 1.49. The van der Waals surface area contributed by atoms with E-state index in [-0.39, 0.29) is 0 Å². The standard InChI is InChI=1S/C12H21N3S/c1-10(5-7-16-3)15(2)12-8-11(9-13)4-6-14-12/h4,6,8,10H,5,7,9,13H2,1-3H3. The lowest BCUT2D eigenvalue weighted by Crippen LogP contribution is -2.30. The minimum absolute atomic E-state index is 0.507. The number of rotatable bonds is 6. The molecule has 0 aliphatic rings. The van der Waals surface area contributed by atoms with Crippen LogP contribution in [0, 0.1) is 0 Å². The first kappa shape index (κ1) is 13.3. The largest absolute Gasteiger partial charge is 0.357 e. The lowest BCUT2D eigenvalue weighted by molar-refractivity contribution is 0.662. The lowest BCUT2D eigenvalue weighted by atomic mass is 10.2. The quantitative estimate of drug-likeness (QED) is 0.825. The monoisotopic (exact) mass is 239 g/mol. The molecule has 1 heterocycles. The van der Waals surface area contributed by atoms with E-state index in [4.69, 9.17) is 5.73 Å². The maximum atomic E-state index is 5.63. The summed E-state index contributed by atoms with van der Waals surface area (Å²) in [4.78, 5) is 6.60. The molecule has 1 unspecified atom stereocenters. The second-order valence-electron chi connectivity index (χ2n) is 3.97. The van der Waals surface area contributed by atoms with Gasteiger partial charge in [-0.15, -0.1) is 0 Å². The molecule has 0 aromatic carbocycles. The highest BCUT2D eigenvalue weighted by molar-refractivity contribution is 7.98. The molecule has 0 spiro atoms. The van der Waals surface area contributed by atoms with Crippen molar-refractivity contribution >= 4 is 17.6 Å². The van der Waals surface area contributed by atoms with Crippen LogP contribution in [-0.4, -0.2) is 30.1 Å². The number of nitrogens with two attached hydrogens (primary N) is 1. The molecule has 90 valence electrons. The molecule has 1 aromatic heterocycles. The maximum Gasteiger partial charge on any atom is 0.128 e. The molecule has 0 amide bonds. The summed E-state index contributed by atoms with van der Waals surface area (Å²) in [5.74, 6) is 2.19. The molecular weight excluding hydrogens is 218 g/mol. The summed E-state index contributed by atoms with van der Waals surface area (Å²) in [6, 6.07) is 4.53. The van der Waals surface area contributed by atoms with Crippen LogP contribution in [0.1, 0.15) is 18.9 Å². The van der Waals surface area contributed by atoms with Gasteiger partial charge in [-0.1, -0.05) is 0 Å². The van der Waals surface area contributed by atoms with E-state index in [0.717, 1.165) is 11.4 Å². The second kappa shape index (κ2) is 6.76. The average Bonchev–Trinajstić information content (AvgIpc) is 2.35. The molecule has 3 nitrogen and oxygen atoms in total. The van der Waals surface area contributed by atoms with Gasteiger partial charge in [0, 0.05) is 25.8 Å². The summed E-state index contributed by atoms with van der Waals surface area (Å²) in [6.07, 6.45) is 5.14.